The second kappa shape index (κ2) is 4.53. The minimum absolute atomic E-state index is 0.606. The lowest BCUT2D eigenvalue weighted by Gasteiger charge is -1.95. The molecule has 0 N–H and O–H groups in total. The van der Waals surface area contributed by atoms with Gasteiger partial charge in [-0.2, -0.15) is 4.99 Å². The molecule has 3 nitrogen and oxygen atoms in total. The van der Waals surface area contributed by atoms with Gasteiger partial charge in [0.15, 0.2) is 5.58 Å². The molecule has 0 atom stereocenters. The molecule has 0 aliphatic heterocycles. The van der Waals surface area contributed by atoms with Gasteiger partial charge in [0.1, 0.15) is 5.52 Å². The van der Waals surface area contributed by atoms with Crippen LogP contribution in [0.15, 0.2) is 57.9 Å². The number of fused-ring (bicyclic) bond motifs is 1. The molecule has 0 aliphatic carbocycles. The average Bonchev–Trinajstić information content (AvgIpc) is 2.84. The molecular weight excluding hydrogens is 244 g/mol. The van der Waals surface area contributed by atoms with Crippen LogP contribution in [0, 0.1) is 0 Å². The molecule has 0 amide bonds. The molecule has 0 saturated heterocycles. The molecule has 0 spiro atoms. The van der Waals surface area contributed by atoms with E-state index < -0.39 is 0 Å². The van der Waals surface area contributed by atoms with Crippen molar-refractivity contribution in [2.45, 2.75) is 0 Å². The summed E-state index contributed by atoms with van der Waals surface area (Å²) in [4.78, 5) is 8.32. The number of nitrogens with zero attached hydrogens (tertiary/aromatic N) is 2. The van der Waals surface area contributed by atoms with E-state index in [1.165, 1.54) is 0 Å². The molecule has 4 heteroatoms. The largest absolute Gasteiger partial charge is 0.436 e. The van der Waals surface area contributed by atoms with Crippen LogP contribution in [0.4, 0.5) is 5.69 Å². The van der Waals surface area contributed by atoms with E-state index in [9.17, 15) is 0 Å². The van der Waals surface area contributed by atoms with Gasteiger partial charge < -0.3 is 4.42 Å². The fourth-order valence-corrected chi connectivity index (χ4v) is 1.83. The van der Waals surface area contributed by atoms with Crippen LogP contribution in [0.1, 0.15) is 0 Å². The van der Waals surface area contributed by atoms with Crippen molar-refractivity contribution < 1.29 is 4.42 Å². The molecule has 18 heavy (non-hydrogen) atoms. The molecule has 0 fully saturated rings. The van der Waals surface area contributed by atoms with Crippen LogP contribution in [0.2, 0.25) is 0 Å². The zero-order chi connectivity index (χ0) is 12.4. The van der Waals surface area contributed by atoms with Crippen LogP contribution >= 0.6 is 12.2 Å². The third-order valence-corrected chi connectivity index (χ3v) is 2.67. The van der Waals surface area contributed by atoms with Gasteiger partial charge in [-0.15, -0.1) is 0 Å². The Morgan fingerprint density at radius 1 is 1.06 bits per heavy atom. The number of para-hydroxylation sites is 2. The van der Waals surface area contributed by atoms with Gasteiger partial charge in [0.05, 0.1) is 10.8 Å². The lowest BCUT2D eigenvalue weighted by Crippen LogP contribution is -1.75. The Balaban J connectivity index is 2.05. The second-order valence-corrected chi connectivity index (χ2v) is 3.92. The van der Waals surface area contributed by atoms with Crippen molar-refractivity contribution in [2.24, 2.45) is 4.99 Å². The molecule has 1 heterocycles. The summed E-state index contributed by atoms with van der Waals surface area (Å²) in [6.07, 6.45) is 0. The Bertz CT molecular complexity index is 707. The SMILES string of the molecule is S=C=Nc1ccc(-c2nc3ccccc3o2)cc1. The summed E-state index contributed by atoms with van der Waals surface area (Å²) < 4.78 is 5.68. The highest BCUT2D eigenvalue weighted by Gasteiger charge is 2.06. The fourth-order valence-electron chi connectivity index (χ4n) is 1.73. The number of aromatic nitrogens is 1. The number of rotatable bonds is 2. The molecule has 86 valence electrons. The average molecular weight is 252 g/mol. The summed E-state index contributed by atoms with van der Waals surface area (Å²) in [5, 5.41) is 2.33. The highest BCUT2D eigenvalue weighted by Crippen LogP contribution is 2.25. The number of hydrogen-bond donors (Lipinski definition) is 0. The Kier molecular flexibility index (Phi) is 2.73. The van der Waals surface area contributed by atoms with Gasteiger partial charge in [0.25, 0.3) is 0 Å². The maximum Gasteiger partial charge on any atom is 0.227 e. The molecule has 0 unspecified atom stereocenters. The second-order valence-electron chi connectivity index (χ2n) is 3.74. The highest BCUT2D eigenvalue weighted by atomic mass is 32.1. The van der Waals surface area contributed by atoms with Gasteiger partial charge >= 0.3 is 0 Å². The van der Waals surface area contributed by atoms with E-state index in [4.69, 9.17) is 4.42 Å². The third-order valence-electron chi connectivity index (χ3n) is 2.58. The minimum atomic E-state index is 0.606. The molecular formula is C14H8N2OS. The predicted octanol–water partition coefficient (Wildman–Crippen LogP) is 4.23. The minimum Gasteiger partial charge on any atom is -0.436 e. The van der Waals surface area contributed by atoms with Crippen molar-refractivity contribution in [2.75, 3.05) is 0 Å². The van der Waals surface area contributed by atoms with Crippen molar-refractivity contribution in [3.05, 3.63) is 48.5 Å². The van der Waals surface area contributed by atoms with Crippen LogP contribution in [-0.2, 0) is 0 Å². The maximum atomic E-state index is 5.68. The summed E-state index contributed by atoms with van der Waals surface area (Å²) in [6.45, 7) is 0. The molecule has 0 aliphatic rings. The number of hydrogen-bond acceptors (Lipinski definition) is 4. The predicted molar refractivity (Wildman–Crippen MR) is 74.1 cm³/mol. The van der Waals surface area contributed by atoms with E-state index in [0.29, 0.717) is 5.89 Å². The first-order chi connectivity index (χ1) is 8.86. The summed E-state index contributed by atoms with van der Waals surface area (Å²) in [5.41, 5.74) is 3.32. The number of thiocarbonyl (C=S) groups is 1. The smallest absolute Gasteiger partial charge is 0.227 e. The molecule has 3 rings (SSSR count). The summed E-state index contributed by atoms with van der Waals surface area (Å²) in [7, 11) is 0. The molecule has 3 aromatic rings. The van der Waals surface area contributed by atoms with Gasteiger partial charge in [-0.05, 0) is 48.6 Å². The first-order valence-electron chi connectivity index (χ1n) is 5.41. The van der Waals surface area contributed by atoms with E-state index >= 15 is 0 Å². The van der Waals surface area contributed by atoms with Crippen molar-refractivity contribution in [3.63, 3.8) is 0 Å². The van der Waals surface area contributed by atoms with Crippen LogP contribution in [0.25, 0.3) is 22.6 Å². The van der Waals surface area contributed by atoms with Crippen molar-refractivity contribution in [1.29, 1.82) is 0 Å². The van der Waals surface area contributed by atoms with Crippen molar-refractivity contribution in [3.8, 4) is 11.5 Å². The monoisotopic (exact) mass is 252 g/mol. The van der Waals surface area contributed by atoms with Crippen molar-refractivity contribution >= 4 is 34.2 Å². The van der Waals surface area contributed by atoms with E-state index in [1.807, 2.05) is 48.5 Å². The fraction of sp³-hybridized carbons (Fsp3) is 0. The standard InChI is InChI=1S/C14H8N2OS/c18-9-15-11-7-5-10(6-8-11)14-16-12-3-1-2-4-13(12)17-14/h1-8H. The lowest BCUT2D eigenvalue weighted by atomic mass is 10.2. The Hall–Kier alpha value is -2.29. The van der Waals surface area contributed by atoms with Crippen LogP contribution in [-0.4, -0.2) is 10.1 Å². The quantitative estimate of drug-likeness (QED) is 0.506. The van der Waals surface area contributed by atoms with Crippen molar-refractivity contribution in [1.82, 2.24) is 4.98 Å². The lowest BCUT2D eigenvalue weighted by molar-refractivity contribution is 0.620. The highest BCUT2D eigenvalue weighted by molar-refractivity contribution is 7.78. The van der Waals surface area contributed by atoms with E-state index in [-0.39, 0.29) is 0 Å². The van der Waals surface area contributed by atoms with Gasteiger partial charge in [0, 0.05) is 5.56 Å². The van der Waals surface area contributed by atoms with E-state index in [0.717, 1.165) is 22.4 Å². The molecule has 0 radical (unpaired) electrons. The van der Waals surface area contributed by atoms with Gasteiger partial charge in [-0.1, -0.05) is 12.1 Å². The van der Waals surface area contributed by atoms with Gasteiger partial charge in [-0.25, -0.2) is 4.98 Å². The molecule has 1 aromatic heterocycles. The third kappa shape index (κ3) is 1.95. The Morgan fingerprint density at radius 2 is 1.83 bits per heavy atom. The molecule has 0 bridgehead atoms. The van der Waals surface area contributed by atoms with E-state index in [2.05, 4.69) is 27.4 Å². The van der Waals surface area contributed by atoms with Crippen LogP contribution < -0.4 is 0 Å². The number of isothiocyanates is 1. The molecule has 2 aromatic carbocycles. The van der Waals surface area contributed by atoms with Crippen LogP contribution in [0.5, 0.6) is 0 Å². The topological polar surface area (TPSA) is 38.4 Å². The first kappa shape index (κ1) is 10.8. The Labute approximate surface area is 109 Å². The van der Waals surface area contributed by atoms with Gasteiger partial charge in [-0.3, -0.25) is 0 Å². The number of aliphatic imine (C=N–C) groups is 1. The normalized spacial score (nSPS) is 10.2. The van der Waals surface area contributed by atoms with Gasteiger partial charge in [0.2, 0.25) is 5.89 Å². The van der Waals surface area contributed by atoms with Crippen LogP contribution in [0.3, 0.4) is 0 Å². The number of oxazole rings is 1. The summed E-state index contributed by atoms with van der Waals surface area (Å²) >= 11 is 4.56. The Morgan fingerprint density at radius 3 is 2.56 bits per heavy atom. The summed E-state index contributed by atoms with van der Waals surface area (Å²) in [5.74, 6) is 0.606. The zero-order valence-electron chi connectivity index (χ0n) is 9.33. The molecule has 0 saturated carbocycles. The van der Waals surface area contributed by atoms with E-state index in [1.54, 1.807) is 0 Å². The zero-order valence-corrected chi connectivity index (χ0v) is 10.1. The first-order valence-corrected chi connectivity index (χ1v) is 5.81. The summed E-state index contributed by atoms with van der Waals surface area (Å²) in [6, 6.07) is 15.2. The number of benzene rings is 2. The maximum absolute atomic E-state index is 5.68.